The first kappa shape index (κ1) is 15.3. The molecule has 124 valence electrons. The zero-order chi connectivity index (χ0) is 16.5. The zero-order valence-corrected chi connectivity index (χ0v) is 13.4. The number of nitrogens with one attached hydrogen (secondary N) is 2. The summed E-state index contributed by atoms with van der Waals surface area (Å²) in [6.45, 7) is 2.33. The van der Waals surface area contributed by atoms with Gasteiger partial charge in [0.2, 0.25) is 0 Å². The molecule has 4 rings (SSSR count). The fraction of sp³-hybridized carbons (Fsp3) is 0.368. The molecule has 1 aliphatic carbocycles. The van der Waals surface area contributed by atoms with E-state index in [0.29, 0.717) is 28.9 Å². The second-order valence-corrected chi connectivity index (χ2v) is 6.53. The molecule has 1 aromatic heterocycles. The predicted octanol–water partition coefficient (Wildman–Crippen LogP) is 2.90. The lowest BCUT2D eigenvalue weighted by Gasteiger charge is -2.15. The van der Waals surface area contributed by atoms with Gasteiger partial charge < -0.3 is 10.6 Å². The highest BCUT2D eigenvalue weighted by Gasteiger charge is 2.27. The molecule has 1 aromatic carbocycles. The highest BCUT2D eigenvalue weighted by Crippen LogP contribution is 2.40. The monoisotopic (exact) mass is 325 g/mol. The molecule has 0 spiro atoms. The van der Waals surface area contributed by atoms with Crippen LogP contribution in [0.2, 0.25) is 0 Å². The Balaban J connectivity index is 1.64. The summed E-state index contributed by atoms with van der Waals surface area (Å²) >= 11 is 0. The van der Waals surface area contributed by atoms with Gasteiger partial charge in [0.05, 0.1) is 11.1 Å². The summed E-state index contributed by atoms with van der Waals surface area (Å²) in [6, 6.07) is 6.29. The Bertz CT molecular complexity index is 827. The SMILES string of the molecule is O=C(NCC1=CCNCC1)c1cc(C2CC2)nc2ccc(F)cc12. The van der Waals surface area contributed by atoms with E-state index in [1.165, 1.54) is 17.7 Å². The van der Waals surface area contributed by atoms with Gasteiger partial charge >= 0.3 is 0 Å². The Kier molecular flexibility index (Phi) is 4.02. The van der Waals surface area contributed by atoms with Crippen molar-refractivity contribution in [1.82, 2.24) is 15.6 Å². The van der Waals surface area contributed by atoms with Gasteiger partial charge in [0.15, 0.2) is 0 Å². The molecule has 24 heavy (non-hydrogen) atoms. The Labute approximate surface area is 140 Å². The number of hydrogen-bond acceptors (Lipinski definition) is 3. The van der Waals surface area contributed by atoms with Crippen molar-refractivity contribution in [1.29, 1.82) is 0 Å². The number of hydrogen-bond donors (Lipinski definition) is 2. The van der Waals surface area contributed by atoms with Crippen LogP contribution in [0.3, 0.4) is 0 Å². The van der Waals surface area contributed by atoms with Gasteiger partial charge in [-0.1, -0.05) is 11.6 Å². The molecule has 0 unspecified atom stereocenters. The number of nitrogens with zero attached hydrogens (tertiary/aromatic N) is 1. The number of amides is 1. The van der Waals surface area contributed by atoms with Crippen molar-refractivity contribution in [3.8, 4) is 0 Å². The third kappa shape index (κ3) is 3.17. The maximum absolute atomic E-state index is 13.7. The summed E-state index contributed by atoms with van der Waals surface area (Å²) in [5.41, 5.74) is 3.39. The van der Waals surface area contributed by atoms with E-state index in [4.69, 9.17) is 0 Å². The number of fused-ring (bicyclic) bond motifs is 1. The molecule has 2 aromatic rings. The summed E-state index contributed by atoms with van der Waals surface area (Å²) in [5, 5.41) is 6.81. The minimum Gasteiger partial charge on any atom is -0.348 e. The van der Waals surface area contributed by atoms with E-state index in [1.807, 2.05) is 6.07 Å². The number of halogens is 1. The van der Waals surface area contributed by atoms with E-state index in [-0.39, 0.29) is 11.7 Å². The number of carbonyl (C=O) groups is 1. The molecule has 0 radical (unpaired) electrons. The van der Waals surface area contributed by atoms with Crippen molar-refractivity contribution in [2.24, 2.45) is 0 Å². The van der Waals surface area contributed by atoms with E-state index in [0.717, 1.165) is 38.0 Å². The maximum Gasteiger partial charge on any atom is 0.252 e. The van der Waals surface area contributed by atoms with Gasteiger partial charge in [-0.15, -0.1) is 0 Å². The molecule has 1 saturated carbocycles. The van der Waals surface area contributed by atoms with Crippen LogP contribution in [0.15, 0.2) is 35.9 Å². The molecule has 1 aliphatic heterocycles. The van der Waals surface area contributed by atoms with E-state index in [1.54, 1.807) is 6.07 Å². The number of pyridine rings is 1. The maximum atomic E-state index is 13.7. The van der Waals surface area contributed by atoms with E-state index in [9.17, 15) is 9.18 Å². The fourth-order valence-electron chi connectivity index (χ4n) is 3.11. The van der Waals surface area contributed by atoms with Crippen LogP contribution < -0.4 is 10.6 Å². The highest BCUT2D eigenvalue weighted by atomic mass is 19.1. The van der Waals surface area contributed by atoms with Crippen LogP contribution in [0.5, 0.6) is 0 Å². The molecule has 1 fully saturated rings. The predicted molar refractivity (Wildman–Crippen MR) is 91.6 cm³/mol. The third-order valence-corrected chi connectivity index (χ3v) is 4.66. The Morgan fingerprint density at radius 3 is 2.96 bits per heavy atom. The molecule has 5 heteroatoms. The number of aromatic nitrogens is 1. The van der Waals surface area contributed by atoms with Crippen molar-refractivity contribution in [2.45, 2.75) is 25.2 Å². The van der Waals surface area contributed by atoms with Crippen LogP contribution in [0, 0.1) is 5.82 Å². The topological polar surface area (TPSA) is 54.0 Å². The van der Waals surface area contributed by atoms with Crippen LogP contribution in [0.4, 0.5) is 4.39 Å². The molecule has 4 nitrogen and oxygen atoms in total. The van der Waals surface area contributed by atoms with Crippen LogP contribution >= 0.6 is 0 Å². The number of rotatable bonds is 4. The molecule has 2 N–H and O–H groups in total. The first-order chi connectivity index (χ1) is 11.7. The van der Waals surface area contributed by atoms with Gasteiger partial charge in [-0.05, 0) is 50.1 Å². The summed E-state index contributed by atoms with van der Waals surface area (Å²) in [4.78, 5) is 17.3. The Hall–Kier alpha value is -2.27. The largest absolute Gasteiger partial charge is 0.348 e. The van der Waals surface area contributed by atoms with Gasteiger partial charge in [0.1, 0.15) is 5.82 Å². The average Bonchev–Trinajstić information content (AvgIpc) is 3.45. The first-order valence-electron chi connectivity index (χ1n) is 8.48. The Morgan fingerprint density at radius 2 is 2.21 bits per heavy atom. The highest BCUT2D eigenvalue weighted by molar-refractivity contribution is 6.06. The third-order valence-electron chi connectivity index (χ3n) is 4.66. The second-order valence-electron chi connectivity index (χ2n) is 6.53. The number of benzene rings is 1. The smallest absolute Gasteiger partial charge is 0.252 e. The second kappa shape index (κ2) is 6.32. The van der Waals surface area contributed by atoms with Crippen molar-refractivity contribution >= 4 is 16.8 Å². The van der Waals surface area contributed by atoms with Crippen molar-refractivity contribution in [3.05, 3.63) is 53.0 Å². The standard InChI is InChI=1S/C19H20FN3O/c20-14-3-4-17-15(9-14)16(10-18(23-17)13-1-2-13)19(24)22-11-12-5-7-21-8-6-12/h3-5,9-10,13,21H,1-2,6-8,11H2,(H,22,24). The van der Waals surface area contributed by atoms with Gasteiger partial charge in [0.25, 0.3) is 5.91 Å². The summed E-state index contributed by atoms with van der Waals surface area (Å²) in [6.07, 6.45) is 5.28. The van der Waals surface area contributed by atoms with Gasteiger partial charge in [-0.25, -0.2) is 4.39 Å². The minimum atomic E-state index is -0.349. The summed E-state index contributed by atoms with van der Waals surface area (Å²) < 4.78 is 13.7. The molecule has 0 atom stereocenters. The van der Waals surface area contributed by atoms with Crippen LogP contribution in [-0.2, 0) is 0 Å². The summed E-state index contributed by atoms with van der Waals surface area (Å²) in [7, 11) is 0. The van der Waals surface area contributed by atoms with E-state index in [2.05, 4.69) is 21.7 Å². The molecule has 2 heterocycles. The van der Waals surface area contributed by atoms with Gasteiger partial charge in [-0.2, -0.15) is 0 Å². The van der Waals surface area contributed by atoms with Gasteiger partial charge in [-0.3, -0.25) is 9.78 Å². The molecule has 1 amide bonds. The molecule has 0 saturated heterocycles. The van der Waals surface area contributed by atoms with Crippen LogP contribution in [0.25, 0.3) is 10.9 Å². The van der Waals surface area contributed by atoms with Crippen LogP contribution in [-0.4, -0.2) is 30.5 Å². The van der Waals surface area contributed by atoms with Crippen molar-refractivity contribution in [2.75, 3.05) is 19.6 Å². The Morgan fingerprint density at radius 1 is 1.33 bits per heavy atom. The van der Waals surface area contributed by atoms with Gasteiger partial charge in [0, 0.05) is 30.1 Å². The van der Waals surface area contributed by atoms with Crippen molar-refractivity contribution < 1.29 is 9.18 Å². The van der Waals surface area contributed by atoms with Crippen molar-refractivity contribution in [3.63, 3.8) is 0 Å². The molecule has 0 bridgehead atoms. The number of carbonyl (C=O) groups excluding carboxylic acids is 1. The molecule has 2 aliphatic rings. The van der Waals surface area contributed by atoms with E-state index >= 15 is 0 Å². The average molecular weight is 325 g/mol. The normalized spacial score (nSPS) is 17.6. The quantitative estimate of drug-likeness (QED) is 0.850. The lowest BCUT2D eigenvalue weighted by molar-refractivity contribution is 0.0958. The summed E-state index contributed by atoms with van der Waals surface area (Å²) in [5.74, 6) is -0.0638. The lowest BCUT2D eigenvalue weighted by Crippen LogP contribution is -2.29. The first-order valence-corrected chi connectivity index (χ1v) is 8.48. The van der Waals surface area contributed by atoms with E-state index < -0.39 is 0 Å². The lowest BCUT2D eigenvalue weighted by atomic mass is 10.0. The van der Waals surface area contributed by atoms with Crippen LogP contribution in [0.1, 0.15) is 41.2 Å². The fourth-order valence-corrected chi connectivity index (χ4v) is 3.11. The molecular weight excluding hydrogens is 305 g/mol. The molecular formula is C19H20FN3O. The zero-order valence-electron chi connectivity index (χ0n) is 13.4. The minimum absolute atomic E-state index is 0.158.